The van der Waals surface area contributed by atoms with E-state index in [0.717, 1.165) is 0 Å². The molecular formula is C13H19NO5. The van der Waals surface area contributed by atoms with E-state index in [1.165, 1.54) is 14.2 Å². The molecule has 19 heavy (non-hydrogen) atoms. The standard InChI is InChI=1S/C13H19NO5/c1-18-10-6-3-5-9(12(10)19-2)11(13(16)17)14-7-4-8-15/h3,5-6,11,14-15H,4,7-8H2,1-2H3,(H,16,17). The molecule has 0 amide bonds. The summed E-state index contributed by atoms with van der Waals surface area (Å²) >= 11 is 0. The third-order valence-corrected chi connectivity index (χ3v) is 2.67. The molecule has 0 aromatic heterocycles. The van der Waals surface area contributed by atoms with Gasteiger partial charge in [-0.15, -0.1) is 0 Å². The number of ether oxygens (including phenoxy) is 2. The molecule has 106 valence electrons. The number of rotatable bonds is 8. The van der Waals surface area contributed by atoms with Crippen molar-refractivity contribution in [2.24, 2.45) is 0 Å². The fraction of sp³-hybridized carbons (Fsp3) is 0.462. The van der Waals surface area contributed by atoms with Gasteiger partial charge in [-0.25, -0.2) is 0 Å². The van der Waals surface area contributed by atoms with E-state index in [-0.39, 0.29) is 6.61 Å². The quantitative estimate of drug-likeness (QED) is 0.605. The SMILES string of the molecule is COc1cccc(C(NCCCO)C(=O)O)c1OC. The first-order valence-electron chi connectivity index (χ1n) is 5.93. The Hall–Kier alpha value is -1.79. The van der Waals surface area contributed by atoms with Gasteiger partial charge in [-0.1, -0.05) is 12.1 Å². The number of hydrogen-bond donors (Lipinski definition) is 3. The van der Waals surface area contributed by atoms with Crippen molar-refractivity contribution in [3.63, 3.8) is 0 Å². The summed E-state index contributed by atoms with van der Waals surface area (Å²) < 4.78 is 10.4. The summed E-state index contributed by atoms with van der Waals surface area (Å²) in [7, 11) is 2.96. The summed E-state index contributed by atoms with van der Waals surface area (Å²) in [6.07, 6.45) is 0.482. The molecule has 0 heterocycles. The molecule has 1 unspecified atom stereocenters. The first-order chi connectivity index (χ1) is 9.15. The number of carboxylic acids is 1. The average molecular weight is 269 g/mol. The number of benzene rings is 1. The highest BCUT2D eigenvalue weighted by Crippen LogP contribution is 2.34. The molecule has 6 nitrogen and oxygen atoms in total. The minimum atomic E-state index is -1.01. The molecule has 0 bridgehead atoms. The number of carboxylic acid groups (broad SMARTS) is 1. The number of aliphatic carboxylic acids is 1. The molecule has 0 aliphatic rings. The minimum Gasteiger partial charge on any atom is -0.493 e. The van der Waals surface area contributed by atoms with Gasteiger partial charge in [0.15, 0.2) is 11.5 Å². The van der Waals surface area contributed by atoms with Crippen molar-refractivity contribution in [2.75, 3.05) is 27.4 Å². The van der Waals surface area contributed by atoms with Gasteiger partial charge in [0.2, 0.25) is 0 Å². The Bertz CT molecular complexity index is 421. The lowest BCUT2D eigenvalue weighted by Crippen LogP contribution is -2.30. The van der Waals surface area contributed by atoms with Crippen molar-refractivity contribution in [1.29, 1.82) is 0 Å². The van der Waals surface area contributed by atoms with Crippen LogP contribution in [0.3, 0.4) is 0 Å². The lowest BCUT2D eigenvalue weighted by molar-refractivity contribution is -0.139. The Labute approximate surface area is 112 Å². The van der Waals surface area contributed by atoms with E-state index < -0.39 is 12.0 Å². The van der Waals surface area contributed by atoms with E-state index in [9.17, 15) is 9.90 Å². The molecule has 1 aromatic carbocycles. The lowest BCUT2D eigenvalue weighted by Gasteiger charge is -2.19. The van der Waals surface area contributed by atoms with Crippen molar-refractivity contribution in [3.8, 4) is 11.5 Å². The molecule has 1 rings (SSSR count). The Kier molecular flexibility index (Phi) is 6.11. The van der Waals surface area contributed by atoms with Crippen LogP contribution >= 0.6 is 0 Å². The molecule has 1 aromatic rings. The number of nitrogens with one attached hydrogen (secondary N) is 1. The fourth-order valence-electron chi connectivity index (χ4n) is 1.80. The van der Waals surface area contributed by atoms with Crippen molar-refractivity contribution >= 4 is 5.97 Å². The van der Waals surface area contributed by atoms with Crippen LogP contribution in [0.15, 0.2) is 18.2 Å². The van der Waals surface area contributed by atoms with Crippen LogP contribution in [0.2, 0.25) is 0 Å². The Morgan fingerprint density at radius 2 is 2.11 bits per heavy atom. The number of hydrogen-bond acceptors (Lipinski definition) is 5. The second-order valence-corrected chi connectivity index (χ2v) is 3.89. The second kappa shape index (κ2) is 7.60. The first-order valence-corrected chi connectivity index (χ1v) is 5.93. The monoisotopic (exact) mass is 269 g/mol. The zero-order valence-electron chi connectivity index (χ0n) is 11.0. The average Bonchev–Trinajstić information content (AvgIpc) is 2.42. The van der Waals surface area contributed by atoms with E-state index in [1.54, 1.807) is 18.2 Å². The van der Waals surface area contributed by atoms with Crippen LogP contribution in [0.5, 0.6) is 11.5 Å². The predicted octanol–water partition coefficient (Wildman–Crippen LogP) is 0.801. The van der Waals surface area contributed by atoms with Crippen LogP contribution < -0.4 is 14.8 Å². The van der Waals surface area contributed by atoms with Crippen molar-refractivity contribution < 1.29 is 24.5 Å². The molecular weight excluding hydrogens is 250 g/mol. The van der Waals surface area contributed by atoms with Crippen molar-refractivity contribution in [1.82, 2.24) is 5.32 Å². The van der Waals surface area contributed by atoms with E-state index in [0.29, 0.717) is 30.0 Å². The van der Waals surface area contributed by atoms with Gasteiger partial charge >= 0.3 is 5.97 Å². The molecule has 0 radical (unpaired) electrons. The highest BCUT2D eigenvalue weighted by Gasteiger charge is 2.24. The summed E-state index contributed by atoms with van der Waals surface area (Å²) in [5.41, 5.74) is 0.493. The fourth-order valence-corrected chi connectivity index (χ4v) is 1.80. The maximum atomic E-state index is 11.3. The Morgan fingerprint density at radius 1 is 1.37 bits per heavy atom. The van der Waals surface area contributed by atoms with Crippen molar-refractivity contribution in [3.05, 3.63) is 23.8 Å². The topological polar surface area (TPSA) is 88.0 Å². The largest absolute Gasteiger partial charge is 0.493 e. The predicted molar refractivity (Wildman–Crippen MR) is 69.6 cm³/mol. The van der Waals surface area contributed by atoms with E-state index in [1.807, 2.05) is 0 Å². The normalized spacial score (nSPS) is 11.9. The summed E-state index contributed by atoms with van der Waals surface area (Å²) in [6.45, 7) is 0.405. The van der Waals surface area contributed by atoms with E-state index in [4.69, 9.17) is 14.6 Å². The number of aliphatic hydroxyl groups is 1. The zero-order chi connectivity index (χ0) is 14.3. The van der Waals surface area contributed by atoms with Crippen LogP contribution in [0, 0.1) is 0 Å². The Balaban J connectivity index is 3.04. The summed E-state index contributed by atoms with van der Waals surface area (Å²) in [6, 6.07) is 4.18. The minimum absolute atomic E-state index is 0.00852. The maximum Gasteiger partial charge on any atom is 0.325 e. The van der Waals surface area contributed by atoms with Gasteiger partial charge in [0.1, 0.15) is 6.04 Å². The third kappa shape index (κ3) is 3.84. The van der Waals surface area contributed by atoms with E-state index in [2.05, 4.69) is 5.32 Å². The zero-order valence-corrected chi connectivity index (χ0v) is 11.0. The molecule has 0 spiro atoms. The van der Waals surface area contributed by atoms with Gasteiger partial charge in [-0.3, -0.25) is 4.79 Å². The molecule has 3 N–H and O–H groups in total. The first kappa shape index (κ1) is 15.3. The van der Waals surface area contributed by atoms with E-state index >= 15 is 0 Å². The highest BCUT2D eigenvalue weighted by molar-refractivity contribution is 5.77. The van der Waals surface area contributed by atoms with Crippen LogP contribution in [-0.4, -0.2) is 43.6 Å². The van der Waals surface area contributed by atoms with Gasteiger partial charge < -0.3 is 25.0 Å². The van der Waals surface area contributed by atoms with Crippen molar-refractivity contribution in [2.45, 2.75) is 12.5 Å². The molecule has 0 aliphatic carbocycles. The smallest absolute Gasteiger partial charge is 0.325 e. The molecule has 1 atom stereocenters. The maximum absolute atomic E-state index is 11.3. The molecule has 0 fully saturated rings. The van der Waals surface area contributed by atoms with Gasteiger partial charge in [0.05, 0.1) is 14.2 Å². The van der Waals surface area contributed by atoms with Gasteiger partial charge in [-0.2, -0.15) is 0 Å². The number of para-hydroxylation sites is 1. The summed E-state index contributed by atoms with van der Waals surface area (Å²) in [5, 5.41) is 20.9. The van der Waals surface area contributed by atoms with Gasteiger partial charge in [0, 0.05) is 12.2 Å². The summed E-state index contributed by atoms with van der Waals surface area (Å²) in [4.78, 5) is 11.3. The number of methoxy groups -OCH3 is 2. The summed E-state index contributed by atoms with van der Waals surface area (Å²) in [5.74, 6) is -0.131. The number of carbonyl (C=O) groups is 1. The van der Waals surface area contributed by atoms with Gasteiger partial charge in [-0.05, 0) is 19.0 Å². The van der Waals surface area contributed by atoms with Crippen LogP contribution in [0.25, 0.3) is 0 Å². The molecule has 0 saturated heterocycles. The van der Waals surface area contributed by atoms with Crippen LogP contribution in [0.1, 0.15) is 18.0 Å². The lowest BCUT2D eigenvalue weighted by atomic mass is 10.0. The molecule has 0 saturated carbocycles. The Morgan fingerprint density at radius 3 is 2.63 bits per heavy atom. The molecule has 6 heteroatoms. The van der Waals surface area contributed by atoms with Gasteiger partial charge in [0.25, 0.3) is 0 Å². The highest BCUT2D eigenvalue weighted by atomic mass is 16.5. The number of aliphatic hydroxyl groups excluding tert-OH is 1. The molecule has 0 aliphatic heterocycles. The van der Waals surface area contributed by atoms with Crippen LogP contribution in [-0.2, 0) is 4.79 Å². The second-order valence-electron chi connectivity index (χ2n) is 3.89. The van der Waals surface area contributed by atoms with Crippen LogP contribution in [0.4, 0.5) is 0 Å². The third-order valence-electron chi connectivity index (χ3n) is 2.67.